The van der Waals surface area contributed by atoms with Crippen molar-refractivity contribution in [1.29, 1.82) is 0 Å². The number of aromatic nitrogens is 1. The van der Waals surface area contributed by atoms with Gasteiger partial charge in [0, 0.05) is 16.6 Å². The highest BCUT2D eigenvalue weighted by atomic mass is 16.3. The Morgan fingerprint density at radius 2 is 1.81 bits per heavy atom. The van der Waals surface area contributed by atoms with Gasteiger partial charge in [-0.15, -0.1) is 5.10 Å². The summed E-state index contributed by atoms with van der Waals surface area (Å²) in [6.07, 6.45) is 0. The molecule has 2 aromatic carbocycles. The zero-order valence-corrected chi connectivity index (χ0v) is 14.4. The van der Waals surface area contributed by atoms with Gasteiger partial charge in [0.15, 0.2) is 0 Å². The average Bonchev–Trinajstić information content (AvgIpc) is 3.03. The molecule has 26 heavy (non-hydrogen) atoms. The molecule has 1 amide bonds. The average molecular weight is 349 g/mol. The van der Waals surface area contributed by atoms with Crippen LogP contribution < -0.4 is 11.1 Å². The Hall–Kier alpha value is -3.61. The van der Waals surface area contributed by atoms with Crippen molar-refractivity contribution >= 4 is 34.0 Å². The highest BCUT2D eigenvalue weighted by molar-refractivity contribution is 6.06. The van der Waals surface area contributed by atoms with E-state index >= 15 is 0 Å². The first-order valence-electron chi connectivity index (χ1n) is 8.00. The predicted octanol–water partition coefficient (Wildman–Crippen LogP) is 3.23. The summed E-state index contributed by atoms with van der Waals surface area (Å²) >= 11 is 0. The number of benzene rings is 2. The highest BCUT2D eigenvalue weighted by Crippen LogP contribution is 2.21. The molecule has 0 radical (unpaired) electrons. The number of hydrogen-bond donors (Lipinski definition) is 4. The van der Waals surface area contributed by atoms with E-state index in [1.807, 2.05) is 19.1 Å². The third-order valence-corrected chi connectivity index (χ3v) is 3.77. The van der Waals surface area contributed by atoms with Crippen molar-refractivity contribution in [3.8, 4) is 5.75 Å². The van der Waals surface area contributed by atoms with Gasteiger partial charge >= 0.3 is 0 Å². The van der Waals surface area contributed by atoms with E-state index in [2.05, 4.69) is 20.5 Å². The lowest BCUT2D eigenvalue weighted by Gasteiger charge is -2.05. The number of H-pyrrole nitrogens is 1. The van der Waals surface area contributed by atoms with E-state index in [1.165, 1.54) is 0 Å². The van der Waals surface area contributed by atoms with Gasteiger partial charge in [0.25, 0.3) is 5.91 Å². The third-order valence-electron chi connectivity index (χ3n) is 3.77. The molecule has 0 fully saturated rings. The van der Waals surface area contributed by atoms with Crippen LogP contribution in [0.5, 0.6) is 5.75 Å². The number of nitrogens with zero attached hydrogens (tertiary/aromatic N) is 2. The Kier molecular flexibility index (Phi) is 4.70. The number of fused-ring (bicyclic) bond motifs is 1. The quantitative estimate of drug-likeness (QED) is 0.329. The monoisotopic (exact) mass is 349 g/mol. The summed E-state index contributed by atoms with van der Waals surface area (Å²) in [5.74, 6) is 0.285. The van der Waals surface area contributed by atoms with Gasteiger partial charge in [-0.05, 0) is 55.8 Å². The lowest BCUT2D eigenvalue weighted by Crippen LogP contribution is -2.12. The molecule has 0 saturated heterocycles. The maximum atomic E-state index is 12.4. The van der Waals surface area contributed by atoms with Crippen LogP contribution in [0.2, 0.25) is 0 Å². The molecule has 1 aromatic heterocycles. The topological polar surface area (TPSA) is 116 Å². The molecule has 0 unspecified atom stereocenters. The molecule has 132 valence electrons. The zero-order chi connectivity index (χ0) is 18.7. The Balaban J connectivity index is 1.74. The number of phenols is 1. The summed E-state index contributed by atoms with van der Waals surface area (Å²) in [5, 5.41) is 21.0. The number of amidine groups is 1. The number of amides is 1. The van der Waals surface area contributed by atoms with Crippen LogP contribution in [0.25, 0.3) is 10.9 Å². The normalized spacial score (nSPS) is 12.4. The number of nitrogens with one attached hydrogen (secondary N) is 2. The zero-order valence-electron chi connectivity index (χ0n) is 14.4. The molecule has 0 aliphatic heterocycles. The summed E-state index contributed by atoms with van der Waals surface area (Å²) < 4.78 is 0. The molecule has 1 heterocycles. The number of rotatable bonds is 4. The van der Waals surface area contributed by atoms with Crippen LogP contribution in [0.4, 0.5) is 5.69 Å². The molecule has 3 rings (SSSR count). The first-order chi connectivity index (χ1) is 12.4. The van der Waals surface area contributed by atoms with Gasteiger partial charge < -0.3 is 21.1 Å². The molecule has 7 heteroatoms. The number of nitrogens with two attached hydrogens (primary N) is 1. The van der Waals surface area contributed by atoms with Crippen LogP contribution in [0.1, 0.15) is 29.9 Å². The van der Waals surface area contributed by atoms with Gasteiger partial charge in [-0.2, -0.15) is 5.10 Å². The third kappa shape index (κ3) is 3.89. The van der Waals surface area contributed by atoms with Crippen molar-refractivity contribution in [3.05, 3.63) is 59.8 Å². The van der Waals surface area contributed by atoms with E-state index in [1.54, 1.807) is 43.3 Å². The van der Waals surface area contributed by atoms with Crippen molar-refractivity contribution in [2.75, 3.05) is 5.32 Å². The maximum absolute atomic E-state index is 12.4. The van der Waals surface area contributed by atoms with Crippen molar-refractivity contribution in [2.45, 2.75) is 13.8 Å². The predicted molar refractivity (Wildman–Crippen MR) is 104 cm³/mol. The first kappa shape index (κ1) is 17.2. The molecule has 0 aliphatic rings. The summed E-state index contributed by atoms with van der Waals surface area (Å²) in [4.78, 5) is 15.4. The lowest BCUT2D eigenvalue weighted by atomic mass is 10.1. The van der Waals surface area contributed by atoms with E-state index in [-0.39, 0.29) is 11.7 Å². The fourth-order valence-corrected chi connectivity index (χ4v) is 2.45. The van der Waals surface area contributed by atoms with Crippen LogP contribution in [-0.2, 0) is 0 Å². The van der Waals surface area contributed by atoms with Crippen molar-refractivity contribution in [2.24, 2.45) is 15.9 Å². The lowest BCUT2D eigenvalue weighted by molar-refractivity contribution is 0.102. The molecule has 0 spiro atoms. The van der Waals surface area contributed by atoms with E-state index in [0.29, 0.717) is 17.2 Å². The highest BCUT2D eigenvalue weighted by Gasteiger charge is 2.10. The summed E-state index contributed by atoms with van der Waals surface area (Å²) in [6, 6.07) is 13.9. The van der Waals surface area contributed by atoms with Crippen LogP contribution in [0.3, 0.4) is 0 Å². The fraction of sp³-hybridized carbons (Fsp3) is 0.105. The van der Waals surface area contributed by atoms with E-state index in [4.69, 9.17) is 5.73 Å². The second-order valence-corrected chi connectivity index (χ2v) is 5.91. The number of aromatic amines is 1. The number of anilines is 1. The Bertz CT molecular complexity index is 1010. The second-order valence-electron chi connectivity index (χ2n) is 5.91. The number of hydrogen-bond acceptors (Lipinski definition) is 4. The molecule has 5 N–H and O–H groups in total. The van der Waals surface area contributed by atoms with E-state index in [0.717, 1.165) is 22.2 Å². The van der Waals surface area contributed by atoms with Crippen molar-refractivity contribution in [3.63, 3.8) is 0 Å². The summed E-state index contributed by atoms with van der Waals surface area (Å²) in [6.45, 7) is 3.50. The minimum Gasteiger partial charge on any atom is -0.508 e. The van der Waals surface area contributed by atoms with Gasteiger partial charge in [0.05, 0.1) is 5.71 Å². The van der Waals surface area contributed by atoms with Gasteiger partial charge in [0.2, 0.25) is 0 Å². The molecule has 0 saturated carbocycles. The summed E-state index contributed by atoms with van der Waals surface area (Å²) in [7, 11) is 0. The first-order valence-corrected chi connectivity index (χ1v) is 8.00. The minimum absolute atomic E-state index is 0.158. The Labute approximate surface area is 150 Å². The summed E-state index contributed by atoms with van der Waals surface area (Å²) in [5.41, 5.74) is 8.94. The maximum Gasteiger partial charge on any atom is 0.272 e. The second kappa shape index (κ2) is 7.10. The van der Waals surface area contributed by atoms with Crippen molar-refractivity contribution < 1.29 is 9.90 Å². The van der Waals surface area contributed by atoms with E-state index in [9.17, 15) is 9.90 Å². The molecule has 0 bridgehead atoms. The van der Waals surface area contributed by atoms with E-state index < -0.39 is 0 Å². The molecule has 0 atom stereocenters. The van der Waals surface area contributed by atoms with Crippen LogP contribution >= 0.6 is 0 Å². The minimum atomic E-state index is -0.262. The van der Waals surface area contributed by atoms with Crippen molar-refractivity contribution in [1.82, 2.24) is 4.98 Å². The Morgan fingerprint density at radius 3 is 2.50 bits per heavy atom. The molecular weight excluding hydrogens is 330 g/mol. The Morgan fingerprint density at radius 1 is 1.08 bits per heavy atom. The molecule has 3 aromatic rings. The largest absolute Gasteiger partial charge is 0.508 e. The van der Waals surface area contributed by atoms with Gasteiger partial charge in [-0.3, -0.25) is 4.79 Å². The van der Waals surface area contributed by atoms with Crippen LogP contribution in [0, 0.1) is 0 Å². The number of carbonyl (C=O) groups is 1. The molecule has 0 aliphatic carbocycles. The fourth-order valence-electron chi connectivity index (χ4n) is 2.45. The number of carbonyl (C=O) groups excluding carboxylic acids is 1. The van der Waals surface area contributed by atoms with Crippen LogP contribution in [-0.4, -0.2) is 27.5 Å². The van der Waals surface area contributed by atoms with Gasteiger partial charge in [0.1, 0.15) is 17.3 Å². The SMILES string of the molecule is CC(N)=N/N=C(/C)c1ccc(NC(=O)c2cc3cc(O)ccc3[nH]2)cc1. The smallest absolute Gasteiger partial charge is 0.272 e. The van der Waals surface area contributed by atoms with Gasteiger partial charge in [-0.25, -0.2) is 0 Å². The number of phenolic OH excluding ortho intramolecular Hbond substituents is 1. The molecule has 7 nitrogen and oxygen atoms in total. The standard InChI is InChI=1S/C19H19N5O2/c1-11(23-24-12(2)20)13-3-5-15(6-4-13)21-19(26)18-10-14-9-16(25)7-8-17(14)22-18/h3-10,22,25H,1-2H3,(H2,20,24)(H,21,26)/b23-11-. The van der Waals surface area contributed by atoms with Gasteiger partial charge in [-0.1, -0.05) is 12.1 Å². The number of aromatic hydroxyl groups is 1. The van der Waals surface area contributed by atoms with Crippen LogP contribution in [0.15, 0.2) is 58.7 Å². The molecular formula is C19H19N5O2.